The summed E-state index contributed by atoms with van der Waals surface area (Å²) in [5, 5.41) is 27.6. The summed E-state index contributed by atoms with van der Waals surface area (Å²) in [6.07, 6.45) is -0.348. The highest BCUT2D eigenvalue weighted by atomic mass is 32.1. The van der Waals surface area contributed by atoms with Crippen molar-refractivity contribution >= 4 is 55.8 Å². The lowest BCUT2D eigenvalue weighted by Crippen LogP contribution is -2.55. The van der Waals surface area contributed by atoms with Gasteiger partial charge in [-0.3, -0.25) is 14.4 Å². The van der Waals surface area contributed by atoms with E-state index in [1.165, 1.54) is 0 Å². The van der Waals surface area contributed by atoms with Gasteiger partial charge in [-0.25, -0.2) is 28.1 Å². The van der Waals surface area contributed by atoms with E-state index in [0.717, 1.165) is 0 Å². The van der Waals surface area contributed by atoms with Crippen molar-refractivity contribution in [2.24, 2.45) is 17.8 Å². The quantitative estimate of drug-likeness (QED) is 0.161. The van der Waals surface area contributed by atoms with Gasteiger partial charge in [0.15, 0.2) is 0 Å². The van der Waals surface area contributed by atoms with Crippen LogP contribution in [0.2, 0.25) is 0 Å². The van der Waals surface area contributed by atoms with E-state index in [-0.39, 0.29) is 56.2 Å². The zero-order valence-electron chi connectivity index (χ0n) is 17.6. The van der Waals surface area contributed by atoms with Crippen LogP contribution < -0.4 is 17.1 Å². The number of carbonyl (C=O) groups is 3. The molecule has 1 heterocycles. The van der Waals surface area contributed by atoms with Gasteiger partial charge in [0.2, 0.25) is 0 Å². The number of carboxylic acid groups (broad SMARTS) is 3. The molecule has 3 N–H and O–H groups in total. The SMILES string of the molecule is O=C(O)C(CS)CCn1c(=O)n(CCC(CS)C(=O)O)c(=O)n(CCC(CS)C(=O)O)c1=O. The second-order valence-electron chi connectivity index (χ2n) is 7.32. The second kappa shape index (κ2) is 13.5. The summed E-state index contributed by atoms with van der Waals surface area (Å²) in [7, 11) is 0. The van der Waals surface area contributed by atoms with Crippen LogP contribution in [0.5, 0.6) is 0 Å². The second-order valence-corrected chi connectivity index (χ2v) is 8.42. The highest BCUT2D eigenvalue weighted by Gasteiger charge is 2.23. The van der Waals surface area contributed by atoms with Gasteiger partial charge >= 0.3 is 35.0 Å². The molecule has 1 aromatic rings. The first-order valence-electron chi connectivity index (χ1n) is 9.95. The fourth-order valence-electron chi connectivity index (χ4n) is 2.99. The number of aromatic nitrogens is 3. The van der Waals surface area contributed by atoms with Gasteiger partial charge in [0.25, 0.3) is 0 Å². The van der Waals surface area contributed by atoms with Crippen molar-refractivity contribution in [1.82, 2.24) is 13.7 Å². The first kappa shape index (κ1) is 28.9. The molecule has 0 spiro atoms. The van der Waals surface area contributed by atoms with Gasteiger partial charge in [0.05, 0.1) is 17.8 Å². The number of carboxylic acids is 3. The fourth-order valence-corrected chi connectivity index (χ4v) is 4.01. The van der Waals surface area contributed by atoms with Crippen LogP contribution in [0.1, 0.15) is 19.3 Å². The predicted molar refractivity (Wildman–Crippen MR) is 128 cm³/mol. The van der Waals surface area contributed by atoms with Crippen molar-refractivity contribution in [3.63, 3.8) is 0 Å². The predicted octanol–water partition coefficient (Wildman–Crippen LogP) is -0.766. The van der Waals surface area contributed by atoms with E-state index in [1.54, 1.807) is 0 Å². The molecule has 0 aliphatic carbocycles. The van der Waals surface area contributed by atoms with E-state index < -0.39 is 52.7 Å². The minimum Gasteiger partial charge on any atom is -0.481 e. The standard InChI is InChI=1S/C18H27N3O9S3/c22-13(23)10(7-31)1-4-19-16(28)20(5-2-11(8-32)14(24)25)18(30)21(17(19)29)6-3-12(9-33)15(26)27/h10-12,31-33H,1-9H2,(H,22,23)(H,24,25)(H,26,27). The van der Waals surface area contributed by atoms with Gasteiger partial charge in [-0.15, -0.1) is 0 Å². The third-order valence-corrected chi connectivity index (χ3v) is 6.52. The monoisotopic (exact) mass is 525 g/mol. The van der Waals surface area contributed by atoms with Gasteiger partial charge in [-0.1, -0.05) is 0 Å². The molecular weight excluding hydrogens is 498 g/mol. The van der Waals surface area contributed by atoms with Gasteiger partial charge in [0.1, 0.15) is 0 Å². The zero-order valence-corrected chi connectivity index (χ0v) is 20.3. The van der Waals surface area contributed by atoms with E-state index in [0.29, 0.717) is 13.7 Å². The Balaban J connectivity index is 3.46. The molecule has 1 rings (SSSR count). The maximum absolute atomic E-state index is 12.9. The minimum atomic E-state index is -1.16. The molecule has 0 fully saturated rings. The Hall–Kier alpha value is -2.13. The summed E-state index contributed by atoms with van der Waals surface area (Å²) in [6.45, 7) is -0.960. The van der Waals surface area contributed by atoms with Crippen molar-refractivity contribution in [3.05, 3.63) is 31.5 Å². The Labute approximate surface area is 204 Å². The summed E-state index contributed by atoms with van der Waals surface area (Å²) in [6, 6.07) is 0. The van der Waals surface area contributed by atoms with Crippen LogP contribution in [-0.2, 0) is 34.0 Å². The lowest BCUT2D eigenvalue weighted by atomic mass is 10.1. The summed E-state index contributed by atoms with van der Waals surface area (Å²) in [5.41, 5.74) is -3.01. The van der Waals surface area contributed by atoms with Crippen molar-refractivity contribution in [2.75, 3.05) is 17.3 Å². The Morgan fingerprint density at radius 3 is 0.939 bits per heavy atom. The van der Waals surface area contributed by atoms with Crippen LogP contribution in [0.25, 0.3) is 0 Å². The maximum Gasteiger partial charge on any atom is 0.336 e. The first-order chi connectivity index (χ1) is 15.5. The summed E-state index contributed by atoms with van der Waals surface area (Å²) >= 11 is 11.8. The molecule has 3 atom stereocenters. The fraction of sp³-hybridized carbons (Fsp3) is 0.667. The Kier molecular flexibility index (Phi) is 11.9. The van der Waals surface area contributed by atoms with E-state index in [2.05, 4.69) is 37.9 Å². The molecule has 186 valence electrons. The highest BCUT2D eigenvalue weighted by molar-refractivity contribution is 7.80. The van der Waals surface area contributed by atoms with Crippen LogP contribution in [0, 0.1) is 17.8 Å². The molecule has 0 saturated carbocycles. The third kappa shape index (κ3) is 7.71. The molecule has 0 aliphatic rings. The van der Waals surface area contributed by atoms with Crippen molar-refractivity contribution < 1.29 is 29.7 Å². The number of thiol groups is 3. The number of hydrogen-bond donors (Lipinski definition) is 6. The molecule has 0 amide bonds. The molecule has 15 heteroatoms. The Bertz CT molecular complexity index is 875. The van der Waals surface area contributed by atoms with E-state index >= 15 is 0 Å². The molecule has 0 saturated heterocycles. The van der Waals surface area contributed by atoms with Gasteiger partial charge < -0.3 is 15.3 Å². The zero-order chi connectivity index (χ0) is 25.3. The van der Waals surface area contributed by atoms with E-state index in [9.17, 15) is 44.1 Å². The Morgan fingerprint density at radius 2 is 0.788 bits per heavy atom. The molecule has 0 aliphatic heterocycles. The van der Waals surface area contributed by atoms with E-state index in [4.69, 9.17) is 0 Å². The van der Waals surface area contributed by atoms with Crippen LogP contribution in [-0.4, -0.2) is 64.2 Å². The largest absolute Gasteiger partial charge is 0.481 e. The topological polar surface area (TPSA) is 178 Å². The number of nitrogens with zero attached hydrogens (tertiary/aromatic N) is 3. The van der Waals surface area contributed by atoms with Crippen LogP contribution in [0.4, 0.5) is 0 Å². The smallest absolute Gasteiger partial charge is 0.336 e. The average Bonchev–Trinajstić information content (AvgIpc) is 2.74. The summed E-state index contributed by atoms with van der Waals surface area (Å²) < 4.78 is 2.11. The average molecular weight is 526 g/mol. The first-order valence-corrected chi connectivity index (χ1v) is 11.8. The molecule has 0 bridgehead atoms. The number of aliphatic carboxylic acids is 3. The minimum absolute atomic E-state index is 0.0393. The molecule has 0 aromatic carbocycles. The summed E-state index contributed by atoms with van der Waals surface area (Å²) in [4.78, 5) is 72.4. The normalized spacial score (nSPS) is 13.9. The maximum atomic E-state index is 12.9. The summed E-state index contributed by atoms with van der Waals surface area (Å²) in [5.74, 6) is -6.46. The number of hydrogen-bond acceptors (Lipinski definition) is 9. The van der Waals surface area contributed by atoms with Crippen molar-refractivity contribution in [1.29, 1.82) is 0 Å². The molecule has 1 aromatic heterocycles. The lowest BCUT2D eigenvalue weighted by molar-refractivity contribution is -0.142. The van der Waals surface area contributed by atoms with Gasteiger partial charge in [0, 0.05) is 36.9 Å². The number of rotatable bonds is 15. The van der Waals surface area contributed by atoms with Gasteiger partial charge in [-0.05, 0) is 19.3 Å². The Morgan fingerprint density at radius 1 is 0.576 bits per heavy atom. The third-order valence-electron chi connectivity index (χ3n) is 5.20. The van der Waals surface area contributed by atoms with E-state index in [1.807, 2.05) is 0 Å². The van der Waals surface area contributed by atoms with Crippen molar-refractivity contribution in [3.8, 4) is 0 Å². The molecule has 3 unspecified atom stereocenters. The highest BCUT2D eigenvalue weighted by Crippen LogP contribution is 2.09. The van der Waals surface area contributed by atoms with Crippen LogP contribution in [0.3, 0.4) is 0 Å². The van der Waals surface area contributed by atoms with Gasteiger partial charge in [-0.2, -0.15) is 37.9 Å². The molecular formula is C18H27N3O9S3. The molecule has 33 heavy (non-hydrogen) atoms. The molecule has 12 nitrogen and oxygen atoms in total. The van der Waals surface area contributed by atoms with Crippen LogP contribution in [0.15, 0.2) is 14.4 Å². The molecule has 0 radical (unpaired) electrons. The lowest BCUT2D eigenvalue weighted by Gasteiger charge is -2.17. The van der Waals surface area contributed by atoms with Crippen LogP contribution >= 0.6 is 37.9 Å². The van der Waals surface area contributed by atoms with Crippen molar-refractivity contribution in [2.45, 2.75) is 38.9 Å².